The predicted molar refractivity (Wildman–Crippen MR) is 107 cm³/mol. The van der Waals surface area contributed by atoms with Gasteiger partial charge in [-0.2, -0.15) is 52.7 Å². The molecule has 216 valence electrons. The van der Waals surface area contributed by atoms with Gasteiger partial charge in [0.2, 0.25) is 0 Å². The lowest BCUT2D eigenvalue weighted by molar-refractivity contribution is -0.150. The monoisotopic (exact) mass is 584 g/mol. The van der Waals surface area contributed by atoms with Gasteiger partial charge in [0.05, 0.1) is 33.1 Å². The third kappa shape index (κ3) is 6.58. The van der Waals surface area contributed by atoms with Crippen molar-refractivity contribution in [2.75, 3.05) is 0 Å². The Balaban J connectivity index is 2.92. The molecule has 2 unspecified atom stereocenters. The molecule has 0 aliphatic carbocycles. The fourth-order valence-corrected chi connectivity index (χ4v) is 3.86. The van der Waals surface area contributed by atoms with Crippen molar-refractivity contribution in [3.8, 4) is 0 Å². The highest BCUT2D eigenvalue weighted by Gasteiger charge is 2.50. The van der Waals surface area contributed by atoms with E-state index in [0.717, 1.165) is 0 Å². The van der Waals surface area contributed by atoms with E-state index in [2.05, 4.69) is 0 Å². The van der Waals surface area contributed by atoms with Crippen LogP contribution in [0, 0.1) is 0 Å². The van der Waals surface area contributed by atoms with Crippen LogP contribution in [0.15, 0.2) is 36.4 Å². The van der Waals surface area contributed by atoms with E-state index in [1.165, 1.54) is 0 Å². The smallest absolute Gasteiger partial charge is 0.416 e. The lowest BCUT2D eigenvalue weighted by Crippen LogP contribution is -2.44. The highest BCUT2D eigenvalue weighted by atomic mass is 19.4. The van der Waals surface area contributed by atoms with E-state index in [1.54, 1.807) is 0 Å². The molecule has 0 bridgehead atoms. The van der Waals surface area contributed by atoms with Crippen molar-refractivity contribution < 1.29 is 72.5 Å². The molecule has 2 N–H and O–H groups in total. The van der Waals surface area contributed by atoms with Crippen LogP contribution < -0.4 is 0 Å². The summed E-state index contributed by atoms with van der Waals surface area (Å²) in [6, 6.07) is -0.745. The maximum Gasteiger partial charge on any atom is 0.416 e. The molecular weight excluding hydrogens is 568 g/mol. The van der Waals surface area contributed by atoms with Crippen LogP contribution in [0.4, 0.5) is 52.7 Å². The molecule has 39 heavy (non-hydrogen) atoms. The first kappa shape index (κ1) is 31.8. The van der Waals surface area contributed by atoms with Crippen molar-refractivity contribution in [2.45, 2.75) is 55.8 Å². The molecule has 2 rings (SSSR count). The van der Waals surface area contributed by atoms with Crippen molar-refractivity contribution in [1.82, 2.24) is 0 Å². The highest BCUT2D eigenvalue weighted by Crippen LogP contribution is 2.46. The number of rotatable bonds is 6. The summed E-state index contributed by atoms with van der Waals surface area (Å²) in [5, 5.41) is 19.6. The second kappa shape index (κ2) is 9.62. The van der Waals surface area contributed by atoms with Crippen LogP contribution in [0.5, 0.6) is 0 Å². The van der Waals surface area contributed by atoms with E-state index < -0.39 is 87.3 Å². The summed E-state index contributed by atoms with van der Waals surface area (Å²) in [4.78, 5) is 24.4. The van der Waals surface area contributed by atoms with E-state index >= 15 is 0 Å². The van der Waals surface area contributed by atoms with Crippen molar-refractivity contribution in [2.24, 2.45) is 0 Å². The number of carboxylic acids is 2. The van der Waals surface area contributed by atoms with Crippen molar-refractivity contribution in [3.63, 3.8) is 0 Å². The van der Waals surface area contributed by atoms with Gasteiger partial charge in [-0.25, -0.2) is 0 Å². The van der Waals surface area contributed by atoms with Gasteiger partial charge in [-0.15, -0.1) is 0 Å². The zero-order valence-electron chi connectivity index (χ0n) is 19.4. The van der Waals surface area contributed by atoms with Crippen molar-refractivity contribution >= 4 is 11.9 Å². The van der Waals surface area contributed by atoms with E-state index in [9.17, 15) is 72.5 Å². The van der Waals surface area contributed by atoms with Crippen LogP contribution in [0.1, 0.15) is 53.6 Å². The van der Waals surface area contributed by atoms with Gasteiger partial charge in [0, 0.05) is 0 Å². The molecule has 0 aliphatic heterocycles. The van der Waals surface area contributed by atoms with E-state index in [-0.39, 0.29) is 36.4 Å². The van der Waals surface area contributed by atoms with Crippen LogP contribution >= 0.6 is 0 Å². The number of hydrogen-bond acceptors (Lipinski definition) is 2. The van der Waals surface area contributed by atoms with Gasteiger partial charge in [0.1, 0.15) is 0 Å². The number of carbonyl (C=O) groups is 2. The third-order valence-electron chi connectivity index (χ3n) is 6.10. The van der Waals surface area contributed by atoms with Crippen LogP contribution in [0.2, 0.25) is 0 Å². The first-order valence-electron chi connectivity index (χ1n) is 10.3. The van der Waals surface area contributed by atoms with Crippen molar-refractivity contribution in [1.29, 1.82) is 0 Å². The highest BCUT2D eigenvalue weighted by molar-refractivity contribution is 5.86. The average Bonchev–Trinajstić information content (AvgIpc) is 2.75. The molecule has 0 spiro atoms. The number of halogens is 12. The van der Waals surface area contributed by atoms with E-state index in [0.29, 0.717) is 13.8 Å². The fraction of sp³-hybridized carbons (Fsp3) is 0.391. The Morgan fingerprint density at radius 3 is 0.821 bits per heavy atom. The summed E-state index contributed by atoms with van der Waals surface area (Å²) in [7, 11) is 0. The molecule has 0 aromatic heterocycles. The lowest BCUT2D eigenvalue weighted by Gasteiger charge is -2.36. The summed E-state index contributed by atoms with van der Waals surface area (Å²) in [5.74, 6) is -4.41. The number of hydrogen-bond donors (Lipinski definition) is 2. The van der Waals surface area contributed by atoms with E-state index in [4.69, 9.17) is 0 Å². The second-order valence-electron chi connectivity index (χ2n) is 9.04. The molecule has 2 atom stereocenters. The van der Waals surface area contributed by atoms with Gasteiger partial charge in [-0.1, -0.05) is 0 Å². The Kier molecular flexibility index (Phi) is 7.84. The van der Waals surface area contributed by atoms with Gasteiger partial charge in [0.15, 0.2) is 0 Å². The molecule has 0 radical (unpaired) electrons. The Hall–Kier alpha value is -3.46. The summed E-state index contributed by atoms with van der Waals surface area (Å²) >= 11 is 0. The topological polar surface area (TPSA) is 74.6 Å². The van der Waals surface area contributed by atoms with Gasteiger partial charge in [0.25, 0.3) is 0 Å². The normalized spacial score (nSPS) is 16.4. The maximum absolute atomic E-state index is 13.3. The van der Waals surface area contributed by atoms with Crippen molar-refractivity contribution in [3.05, 3.63) is 69.8 Å². The van der Waals surface area contributed by atoms with Crippen LogP contribution in [-0.2, 0) is 45.1 Å². The minimum absolute atomic E-state index is 0.0150. The molecule has 0 saturated carbocycles. The summed E-state index contributed by atoms with van der Waals surface area (Å²) < 4.78 is 160. The second-order valence-corrected chi connectivity index (χ2v) is 9.04. The predicted octanol–water partition coefficient (Wildman–Crippen LogP) is 7.54. The molecule has 2 aromatic rings. The summed E-state index contributed by atoms with van der Waals surface area (Å²) in [5.41, 5.74) is -16.4. The van der Waals surface area contributed by atoms with Crippen LogP contribution in [0.25, 0.3) is 0 Å². The Labute approximate surface area is 210 Å². The molecule has 16 heteroatoms. The quantitative estimate of drug-likeness (QED) is 0.344. The maximum atomic E-state index is 13.3. The molecule has 0 aliphatic rings. The molecule has 0 saturated heterocycles. The SMILES string of the molecule is CC(CC(C)(C(=O)O)c1cc(C(F)(F)F)cc(C(F)(F)F)c1)(C(=O)O)c1cc(C(F)(F)F)cc(C(F)(F)F)c1. The molecule has 0 fully saturated rings. The van der Waals surface area contributed by atoms with Gasteiger partial charge in [-0.3, -0.25) is 9.59 Å². The molecule has 0 heterocycles. The van der Waals surface area contributed by atoms with Gasteiger partial charge in [-0.05, 0) is 67.8 Å². The van der Waals surface area contributed by atoms with E-state index in [1.807, 2.05) is 0 Å². The van der Waals surface area contributed by atoms with Crippen LogP contribution in [0.3, 0.4) is 0 Å². The zero-order valence-corrected chi connectivity index (χ0v) is 19.4. The minimum Gasteiger partial charge on any atom is -0.481 e. The Bertz CT molecular complexity index is 1110. The third-order valence-corrected chi connectivity index (χ3v) is 6.10. The van der Waals surface area contributed by atoms with Gasteiger partial charge >= 0.3 is 36.6 Å². The number of benzene rings is 2. The molecule has 2 aromatic carbocycles. The standard InChI is InChI=1S/C23H16F12O4/c1-18(16(36)37,10-3-12(20(24,25)26)7-13(4-10)21(27,28)29)9-19(2,17(38)39)11-5-14(22(30,31)32)8-15(6-11)23(33,34)35/h3-8H,9H2,1-2H3,(H,36,37)(H,38,39). The number of carboxylic acid groups (broad SMARTS) is 2. The first-order chi connectivity index (χ1) is 17.2. The number of alkyl halides is 12. The first-order valence-corrected chi connectivity index (χ1v) is 10.3. The Morgan fingerprint density at radius 2 is 0.667 bits per heavy atom. The largest absolute Gasteiger partial charge is 0.481 e. The minimum atomic E-state index is -5.45. The summed E-state index contributed by atoms with van der Waals surface area (Å²) in [6.07, 6.45) is -23.4. The molecular formula is C23H16F12O4. The fourth-order valence-electron chi connectivity index (χ4n) is 3.86. The van der Waals surface area contributed by atoms with Gasteiger partial charge < -0.3 is 10.2 Å². The van der Waals surface area contributed by atoms with Crippen LogP contribution in [-0.4, -0.2) is 22.2 Å². The summed E-state index contributed by atoms with van der Waals surface area (Å²) in [6.45, 7) is 1.01. The lowest BCUT2D eigenvalue weighted by atomic mass is 9.66. The molecule has 0 amide bonds. The zero-order chi connectivity index (χ0) is 30.6. The Morgan fingerprint density at radius 1 is 0.487 bits per heavy atom. The molecule has 4 nitrogen and oxygen atoms in total. The number of aliphatic carboxylic acids is 2. The average molecular weight is 584 g/mol.